The van der Waals surface area contributed by atoms with Gasteiger partial charge in [-0.05, 0) is 17.7 Å². The molecule has 1 amide bonds. The topological polar surface area (TPSA) is 77.3 Å². The van der Waals surface area contributed by atoms with Crippen LogP contribution in [0.2, 0.25) is 0 Å². The molecule has 2 aromatic carbocycles. The first kappa shape index (κ1) is 19.0. The molecule has 140 valence electrons. The number of thioether (sulfide) groups is 1. The van der Waals surface area contributed by atoms with Gasteiger partial charge in [0.15, 0.2) is 0 Å². The van der Waals surface area contributed by atoms with Crippen molar-refractivity contribution in [2.24, 2.45) is 0 Å². The predicted octanol–water partition coefficient (Wildman–Crippen LogP) is 3.68. The lowest BCUT2D eigenvalue weighted by atomic mass is 10.2. The van der Waals surface area contributed by atoms with Gasteiger partial charge in [0.2, 0.25) is 17.6 Å². The first-order valence-electron chi connectivity index (χ1n) is 8.60. The number of benzene rings is 2. The Labute approximate surface area is 162 Å². The van der Waals surface area contributed by atoms with Crippen molar-refractivity contribution in [2.45, 2.75) is 18.7 Å². The number of nitrogens with zero attached hydrogens (tertiary/aromatic N) is 2. The van der Waals surface area contributed by atoms with Crippen LogP contribution in [0, 0.1) is 0 Å². The maximum absolute atomic E-state index is 12.0. The molecule has 1 aromatic heterocycles. The van der Waals surface area contributed by atoms with Crippen molar-refractivity contribution in [3.05, 3.63) is 66.1 Å². The van der Waals surface area contributed by atoms with Gasteiger partial charge in [-0.15, -0.1) is 0 Å². The fourth-order valence-corrected chi connectivity index (χ4v) is 3.30. The second kappa shape index (κ2) is 9.78. The third-order valence-corrected chi connectivity index (χ3v) is 4.85. The van der Waals surface area contributed by atoms with Gasteiger partial charge in [-0.2, -0.15) is 16.7 Å². The molecule has 0 atom stereocenters. The Morgan fingerprint density at radius 1 is 1.19 bits per heavy atom. The molecule has 3 aromatic rings. The van der Waals surface area contributed by atoms with Crippen LogP contribution in [0.1, 0.15) is 17.9 Å². The van der Waals surface area contributed by atoms with Gasteiger partial charge in [0.25, 0.3) is 0 Å². The number of hydrogen-bond donors (Lipinski definition) is 1. The molecule has 27 heavy (non-hydrogen) atoms. The number of rotatable bonds is 9. The largest absolute Gasteiger partial charge is 0.497 e. The van der Waals surface area contributed by atoms with E-state index in [1.54, 1.807) is 18.9 Å². The van der Waals surface area contributed by atoms with E-state index in [2.05, 4.69) is 27.6 Å². The van der Waals surface area contributed by atoms with Crippen LogP contribution in [0.25, 0.3) is 11.4 Å². The molecule has 0 radical (unpaired) electrons. The molecule has 0 unspecified atom stereocenters. The molecule has 0 aliphatic heterocycles. The van der Waals surface area contributed by atoms with Gasteiger partial charge in [-0.25, -0.2) is 0 Å². The smallest absolute Gasteiger partial charge is 0.246 e. The van der Waals surface area contributed by atoms with Crippen LogP contribution < -0.4 is 10.1 Å². The Balaban J connectivity index is 1.41. The zero-order chi connectivity index (χ0) is 18.9. The summed E-state index contributed by atoms with van der Waals surface area (Å²) in [6.45, 7) is 0.221. The highest BCUT2D eigenvalue weighted by molar-refractivity contribution is 7.98. The van der Waals surface area contributed by atoms with Crippen molar-refractivity contribution in [1.82, 2.24) is 15.5 Å². The molecule has 0 saturated carbocycles. The second-order valence-corrected chi connectivity index (χ2v) is 6.91. The summed E-state index contributed by atoms with van der Waals surface area (Å²) in [4.78, 5) is 16.3. The maximum Gasteiger partial charge on any atom is 0.246 e. The summed E-state index contributed by atoms with van der Waals surface area (Å²) in [6.07, 6.45) is 0.453. The number of ether oxygens (including phenoxy) is 1. The van der Waals surface area contributed by atoms with Crippen molar-refractivity contribution in [2.75, 3.05) is 12.9 Å². The highest BCUT2D eigenvalue weighted by Crippen LogP contribution is 2.21. The summed E-state index contributed by atoms with van der Waals surface area (Å²) in [5.74, 6) is 3.20. The number of carbonyl (C=O) groups excluding carboxylic acids is 1. The van der Waals surface area contributed by atoms with Crippen LogP contribution in [0.5, 0.6) is 5.75 Å². The average Bonchev–Trinajstić information content (AvgIpc) is 3.20. The lowest BCUT2D eigenvalue weighted by molar-refractivity contribution is -0.120. The van der Waals surface area contributed by atoms with Gasteiger partial charge in [-0.3, -0.25) is 4.79 Å². The number of hydrogen-bond acceptors (Lipinski definition) is 6. The number of carbonyl (C=O) groups is 1. The average molecular weight is 383 g/mol. The second-order valence-electron chi connectivity index (χ2n) is 5.81. The molecule has 0 spiro atoms. The van der Waals surface area contributed by atoms with E-state index in [0.717, 1.165) is 22.8 Å². The molecule has 6 nitrogen and oxygen atoms in total. The summed E-state index contributed by atoms with van der Waals surface area (Å²) in [5.41, 5.74) is 2.06. The quantitative estimate of drug-likeness (QED) is 0.568. The third kappa shape index (κ3) is 5.86. The first-order valence-corrected chi connectivity index (χ1v) is 9.75. The van der Waals surface area contributed by atoms with Gasteiger partial charge in [0, 0.05) is 23.5 Å². The highest BCUT2D eigenvalue weighted by atomic mass is 32.2. The lowest BCUT2D eigenvalue weighted by Gasteiger charge is -2.03. The number of amides is 1. The summed E-state index contributed by atoms with van der Waals surface area (Å²) in [7, 11) is 1.61. The van der Waals surface area contributed by atoms with Crippen molar-refractivity contribution < 1.29 is 14.1 Å². The van der Waals surface area contributed by atoms with Crippen LogP contribution >= 0.6 is 11.8 Å². The number of aromatic nitrogens is 2. The van der Waals surface area contributed by atoms with Crippen LogP contribution in [0.4, 0.5) is 0 Å². The predicted molar refractivity (Wildman–Crippen MR) is 105 cm³/mol. The van der Waals surface area contributed by atoms with Gasteiger partial charge >= 0.3 is 0 Å². The van der Waals surface area contributed by atoms with Gasteiger partial charge < -0.3 is 14.6 Å². The van der Waals surface area contributed by atoms with E-state index in [-0.39, 0.29) is 12.5 Å². The molecule has 3 rings (SSSR count). The molecule has 0 fully saturated rings. The fraction of sp³-hybridized carbons (Fsp3) is 0.250. The zero-order valence-corrected chi connectivity index (χ0v) is 15.9. The van der Waals surface area contributed by atoms with Crippen molar-refractivity contribution in [1.29, 1.82) is 0 Å². The first-order chi connectivity index (χ1) is 13.2. The fourth-order valence-electron chi connectivity index (χ4n) is 2.40. The molecule has 1 heterocycles. The molecule has 0 bridgehead atoms. The monoisotopic (exact) mass is 383 g/mol. The van der Waals surface area contributed by atoms with E-state index in [1.807, 2.05) is 42.5 Å². The van der Waals surface area contributed by atoms with Crippen molar-refractivity contribution in [3.8, 4) is 17.1 Å². The normalized spacial score (nSPS) is 10.6. The summed E-state index contributed by atoms with van der Waals surface area (Å²) < 4.78 is 10.4. The minimum Gasteiger partial charge on any atom is -0.497 e. The SMILES string of the molecule is COc1cccc(-c2noc(CNC(=O)CCSCc3ccccc3)n2)c1. The standard InChI is InChI=1S/C20H21N3O3S/c1-25-17-9-5-8-16(12-17)20-22-19(26-23-20)13-21-18(24)10-11-27-14-15-6-3-2-4-7-15/h2-9,12H,10-11,13-14H2,1H3,(H,21,24). The molecule has 0 saturated heterocycles. The Bertz CT molecular complexity index is 868. The van der Waals surface area contributed by atoms with Crippen LogP contribution in [0.15, 0.2) is 59.1 Å². The third-order valence-electron chi connectivity index (χ3n) is 3.82. The molecule has 0 aliphatic carbocycles. The Kier molecular flexibility index (Phi) is 6.87. The summed E-state index contributed by atoms with van der Waals surface area (Å²) in [5, 5.41) is 6.76. The van der Waals surface area contributed by atoms with E-state index in [9.17, 15) is 4.79 Å². The van der Waals surface area contributed by atoms with Crippen molar-refractivity contribution in [3.63, 3.8) is 0 Å². The molecule has 0 aliphatic rings. The van der Waals surface area contributed by atoms with E-state index in [0.29, 0.717) is 18.1 Å². The summed E-state index contributed by atoms with van der Waals surface area (Å²) >= 11 is 1.74. The van der Waals surface area contributed by atoms with E-state index >= 15 is 0 Å². The summed E-state index contributed by atoms with van der Waals surface area (Å²) in [6, 6.07) is 17.6. The van der Waals surface area contributed by atoms with Crippen LogP contribution in [-0.4, -0.2) is 28.9 Å². The zero-order valence-electron chi connectivity index (χ0n) is 15.1. The van der Waals surface area contributed by atoms with Crippen LogP contribution in [0.3, 0.4) is 0 Å². The number of methoxy groups -OCH3 is 1. The lowest BCUT2D eigenvalue weighted by Crippen LogP contribution is -2.23. The molecular formula is C20H21N3O3S. The van der Waals surface area contributed by atoms with E-state index in [4.69, 9.17) is 9.26 Å². The maximum atomic E-state index is 12.0. The highest BCUT2D eigenvalue weighted by Gasteiger charge is 2.10. The minimum atomic E-state index is -0.0308. The number of nitrogens with one attached hydrogen (secondary N) is 1. The van der Waals surface area contributed by atoms with Gasteiger partial charge in [-0.1, -0.05) is 47.6 Å². The minimum absolute atomic E-state index is 0.0308. The van der Waals surface area contributed by atoms with E-state index in [1.165, 1.54) is 5.56 Å². The molecule has 1 N–H and O–H groups in total. The van der Waals surface area contributed by atoms with Gasteiger partial charge in [0.05, 0.1) is 13.7 Å². The van der Waals surface area contributed by atoms with Crippen LogP contribution in [-0.2, 0) is 17.1 Å². The Hall–Kier alpha value is -2.80. The molecular weight excluding hydrogens is 362 g/mol. The Morgan fingerprint density at radius 2 is 2.04 bits per heavy atom. The van der Waals surface area contributed by atoms with Crippen molar-refractivity contribution >= 4 is 17.7 Å². The Morgan fingerprint density at radius 3 is 2.85 bits per heavy atom. The molecule has 7 heteroatoms. The van der Waals surface area contributed by atoms with E-state index < -0.39 is 0 Å². The van der Waals surface area contributed by atoms with Gasteiger partial charge in [0.1, 0.15) is 5.75 Å².